The lowest BCUT2D eigenvalue weighted by Crippen LogP contribution is -2.44. The van der Waals surface area contributed by atoms with Gasteiger partial charge in [-0.25, -0.2) is 0 Å². The molecule has 0 radical (unpaired) electrons. The third-order valence-corrected chi connectivity index (χ3v) is 5.85. The van der Waals surface area contributed by atoms with Crippen molar-refractivity contribution in [2.45, 2.75) is 17.1 Å². The van der Waals surface area contributed by atoms with Gasteiger partial charge < -0.3 is 0 Å². The van der Waals surface area contributed by atoms with Gasteiger partial charge in [0, 0.05) is 9.37 Å². The van der Waals surface area contributed by atoms with Crippen LogP contribution >= 0.6 is 55.0 Å². The van der Waals surface area contributed by atoms with Crippen molar-refractivity contribution in [1.82, 2.24) is 10.9 Å². The Labute approximate surface area is 153 Å². The molecule has 2 N–H and O–H groups in total. The van der Waals surface area contributed by atoms with Gasteiger partial charge in [-0.1, -0.05) is 15.9 Å². The summed E-state index contributed by atoms with van der Waals surface area (Å²) in [6.07, 6.45) is 0. The number of hydrogen-bond acceptors (Lipinski definition) is 4. The maximum Gasteiger partial charge on any atom is 0.279 e. The highest BCUT2D eigenvalue weighted by atomic mass is 79.9. The molecule has 0 saturated carbocycles. The number of hydrazine groups is 1. The Bertz CT molecular complexity index is 674. The molecule has 0 bridgehead atoms. The van der Waals surface area contributed by atoms with Crippen LogP contribution in [0.2, 0.25) is 0 Å². The second-order valence-corrected chi connectivity index (χ2v) is 9.05. The smallest absolute Gasteiger partial charge is 0.272 e. The molecule has 22 heavy (non-hydrogen) atoms. The zero-order valence-corrected chi connectivity index (χ0v) is 16.2. The van der Waals surface area contributed by atoms with Crippen molar-refractivity contribution in [2.75, 3.05) is 0 Å². The highest BCUT2D eigenvalue weighted by Crippen LogP contribution is 2.25. The summed E-state index contributed by atoms with van der Waals surface area (Å²) in [6, 6.07) is 11.2. The van der Waals surface area contributed by atoms with Crippen molar-refractivity contribution in [3.05, 3.63) is 49.5 Å². The summed E-state index contributed by atoms with van der Waals surface area (Å²) in [5.41, 5.74) is 4.86. The fourth-order valence-electron chi connectivity index (χ4n) is 1.49. The Morgan fingerprint density at radius 2 is 1.77 bits per heavy atom. The summed E-state index contributed by atoms with van der Waals surface area (Å²) < 4.78 is 1.85. The van der Waals surface area contributed by atoms with Crippen LogP contribution in [0.5, 0.6) is 0 Å². The minimum Gasteiger partial charge on any atom is -0.272 e. The van der Waals surface area contributed by atoms with Gasteiger partial charge >= 0.3 is 0 Å². The Kier molecular flexibility index (Phi) is 6.49. The topological polar surface area (TPSA) is 58.2 Å². The number of carbonyl (C=O) groups is 2. The van der Waals surface area contributed by atoms with E-state index in [-0.39, 0.29) is 17.1 Å². The number of amides is 2. The molecule has 2 rings (SSSR count). The molecule has 4 nitrogen and oxygen atoms in total. The van der Waals surface area contributed by atoms with Gasteiger partial charge in [-0.3, -0.25) is 20.4 Å². The molecule has 0 aliphatic rings. The average Bonchev–Trinajstić information content (AvgIpc) is 2.93. The van der Waals surface area contributed by atoms with Crippen molar-refractivity contribution in [1.29, 1.82) is 0 Å². The molecular weight excluding hydrogens is 452 g/mol. The first-order valence-electron chi connectivity index (χ1n) is 6.23. The van der Waals surface area contributed by atoms with Crippen LogP contribution in [-0.4, -0.2) is 17.1 Å². The summed E-state index contributed by atoms with van der Waals surface area (Å²) in [7, 11) is 0. The molecule has 1 unspecified atom stereocenters. The fraction of sp³-hybridized carbons (Fsp3) is 0.143. The van der Waals surface area contributed by atoms with E-state index in [4.69, 9.17) is 0 Å². The normalized spacial score (nSPS) is 11.8. The largest absolute Gasteiger partial charge is 0.279 e. The van der Waals surface area contributed by atoms with Crippen molar-refractivity contribution in [3.63, 3.8) is 0 Å². The summed E-state index contributed by atoms with van der Waals surface area (Å²) in [5, 5.41) is -0.323. The number of benzene rings is 1. The van der Waals surface area contributed by atoms with Gasteiger partial charge in [0.25, 0.3) is 11.8 Å². The van der Waals surface area contributed by atoms with Gasteiger partial charge in [0.15, 0.2) is 0 Å². The number of nitrogens with one attached hydrogen (secondary N) is 2. The number of halogens is 2. The van der Waals surface area contributed by atoms with Gasteiger partial charge in [-0.15, -0.1) is 23.1 Å². The summed E-state index contributed by atoms with van der Waals surface area (Å²) in [5.74, 6) is -0.582. The van der Waals surface area contributed by atoms with E-state index in [0.29, 0.717) is 4.88 Å². The molecule has 1 heterocycles. The van der Waals surface area contributed by atoms with Crippen LogP contribution in [0.4, 0.5) is 0 Å². The molecular formula is C14H12Br2N2O2S2. The standard InChI is InChI=1S/C14H12Br2N2O2S2/c1-8(21-10-4-2-9(15)3-5-10)13(19)17-18-14(20)11-6-7-12(16)22-11/h2-8H,1H3,(H,17,19)(H,18,20). The first-order valence-corrected chi connectivity index (χ1v) is 9.51. The van der Waals surface area contributed by atoms with E-state index in [2.05, 4.69) is 42.7 Å². The lowest BCUT2D eigenvalue weighted by molar-refractivity contribution is -0.121. The Hall–Kier alpha value is -0.830. The lowest BCUT2D eigenvalue weighted by atomic mass is 10.4. The van der Waals surface area contributed by atoms with Gasteiger partial charge in [-0.2, -0.15) is 0 Å². The van der Waals surface area contributed by atoms with E-state index in [1.807, 2.05) is 24.3 Å². The van der Waals surface area contributed by atoms with E-state index in [9.17, 15) is 9.59 Å². The Balaban J connectivity index is 1.83. The second-order valence-electron chi connectivity index (χ2n) is 4.26. The molecule has 1 aromatic heterocycles. The van der Waals surface area contributed by atoms with E-state index in [0.717, 1.165) is 13.2 Å². The molecule has 116 valence electrons. The predicted octanol–water partition coefficient (Wildman–Crippen LogP) is 4.21. The van der Waals surface area contributed by atoms with E-state index in [1.54, 1.807) is 19.1 Å². The average molecular weight is 464 g/mol. The van der Waals surface area contributed by atoms with Crippen LogP contribution in [0.3, 0.4) is 0 Å². The number of thiophene rings is 1. The predicted molar refractivity (Wildman–Crippen MR) is 97.1 cm³/mol. The summed E-state index contributed by atoms with van der Waals surface area (Å²) >= 11 is 9.38. The van der Waals surface area contributed by atoms with Crippen molar-refractivity contribution < 1.29 is 9.59 Å². The molecule has 2 amide bonds. The molecule has 0 fully saturated rings. The molecule has 2 aromatic rings. The quantitative estimate of drug-likeness (QED) is 0.527. The SMILES string of the molecule is CC(Sc1ccc(Br)cc1)C(=O)NNC(=O)c1ccc(Br)s1. The first-order chi connectivity index (χ1) is 10.5. The third kappa shape index (κ3) is 5.12. The molecule has 1 aromatic carbocycles. The van der Waals surface area contributed by atoms with Gasteiger partial charge in [-0.05, 0) is 59.3 Å². The molecule has 0 aliphatic carbocycles. The van der Waals surface area contributed by atoms with E-state index < -0.39 is 0 Å². The highest BCUT2D eigenvalue weighted by molar-refractivity contribution is 9.11. The monoisotopic (exact) mass is 462 g/mol. The highest BCUT2D eigenvalue weighted by Gasteiger charge is 2.16. The lowest BCUT2D eigenvalue weighted by Gasteiger charge is -2.12. The van der Waals surface area contributed by atoms with Crippen molar-refractivity contribution in [2.24, 2.45) is 0 Å². The van der Waals surface area contributed by atoms with Gasteiger partial charge in [0.2, 0.25) is 0 Å². The zero-order chi connectivity index (χ0) is 16.1. The summed E-state index contributed by atoms with van der Waals surface area (Å²) in [6.45, 7) is 1.79. The minimum atomic E-state index is -0.329. The zero-order valence-electron chi connectivity index (χ0n) is 11.4. The van der Waals surface area contributed by atoms with Crippen LogP contribution < -0.4 is 10.9 Å². The second kappa shape index (κ2) is 8.14. The Morgan fingerprint density at radius 3 is 2.36 bits per heavy atom. The number of thioether (sulfide) groups is 1. The van der Waals surface area contributed by atoms with Crippen LogP contribution in [-0.2, 0) is 4.79 Å². The molecule has 0 aliphatic heterocycles. The number of rotatable bonds is 4. The maximum absolute atomic E-state index is 12.0. The third-order valence-electron chi connectivity index (χ3n) is 2.59. The molecule has 0 spiro atoms. The Morgan fingerprint density at radius 1 is 1.09 bits per heavy atom. The first kappa shape index (κ1) is 17.5. The van der Waals surface area contributed by atoms with Crippen LogP contribution in [0.1, 0.15) is 16.6 Å². The van der Waals surface area contributed by atoms with Gasteiger partial charge in [0.05, 0.1) is 13.9 Å². The van der Waals surface area contributed by atoms with Crippen molar-refractivity contribution >= 4 is 66.8 Å². The maximum atomic E-state index is 12.0. The van der Waals surface area contributed by atoms with E-state index in [1.165, 1.54) is 23.1 Å². The number of carbonyl (C=O) groups excluding carboxylic acids is 2. The van der Waals surface area contributed by atoms with E-state index >= 15 is 0 Å². The van der Waals surface area contributed by atoms with Crippen molar-refractivity contribution in [3.8, 4) is 0 Å². The van der Waals surface area contributed by atoms with Crippen LogP contribution in [0.25, 0.3) is 0 Å². The molecule has 0 saturated heterocycles. The summed E-state index contributed by atoms with van der Waals surface area (Å²) in [4.78, 5) is 25.3. The minimum absolute atomic E-state index is 0.253. The fourth-order valence-corrected chi connectivity index (χ4v) is 3.90. The van der Waals surface area contributed by atoms with Crippen LogP contribution in [0, 0.1) is 0 Å². The van der Waals surface area contributed by atoms with Crippen LogP contribution in [0.15, 0.2) is 49.6 Å². The molecule has 8 heteroatoms. The number of hydrogen-bond donors (Lipinski definition) is 2. The molecule has 1 atom stereocenters. The van der Waals surface area contributed by atoms with Gasteiger partial charge in [0.1, 0.15) is 0 Å².